The Bertz CT molecular complexity index is 927. The van der Waals surface area contributed by atoms with Crippen LogP contribution < -0.4 is 5.56 Å². The summed E-state index contributed by atoms with van der Waals surface area (Å²) in [6.07, 6.45) is 9.78. The summed E-state index contributed by atoms with van der Waals surface area (Å²) in [5, 5.41) is 0. The van der Waals surface area contributed by atoms with E-state index in [1.54, 1.807) is 16.8 Å². The first kappa shape index (κ1) is 18.7. The molecule has 29 heavy (non-hydrogen) atoms. The van der Waals surface area contributed by atoms with Crippen molar-refractivity contribution in [2.45, 2.75) is 45.1 Å². The zero-order valence-electron chi connectivity index (χ0n) is 17.2. The average molecular weight is 391 g/mol. The van der Waals surface area contributed by atoms with E-state index in [1.165, 1.54) is 38.5 Å². The fourth-order valence-electron chi connectivity index (χ4n) is 6.87. The Morgan fingerprint density at radius 3 is 2.24 bits per heavy atom. The minimum absolute atomic E-state index is 0.131. The summed E-state index contributed by atoms with van der Waals surface area (Å²) < 4.78 is 1.64. The molecule has 1 amide bonds. The normalized spacial score (nSPS) is 29.8. The van der Waals surface area contributed by atoms with Gasteiger partial charge >= 0.3 is 0 Å². The van der Waals surface area contributed by atoms with Crippen molar-refractivity contribution in [3.8, 4) is 0 Å². The van der Waals surface area contributed by atoms with E-state index in [-0.39, 0.29) is 22.4 Å². The Morgan fingerprint density at radius 2 is 1.62 bits per heavy atom. The van der Waals surface area contributed by atoms with Crippen LogP contribution in [0.4, 0.5) is 0 Å². The lowest BCUT2D eigenvalue weighted by Crippen LogP contribution is -2.51. The van der Waals surface area contributed by atoms with Gasteiger partial charge in [0.25, 0.3) is 11.5 Å². The fraction of sp³-hybridized carbons (Fsp3) is 0.520. The summed E-state index contributed by atoms with van der Waals surface area (Å²) >= 11 is 0. The molecule has 1 aromatic heterocycles. The number of carbonyl (C=O) groups is 1. The van der Waals surface area contributed by atoms with E-state index in [9.17, 15) is 9.59 Å². The van der Waals surface area contributed by atoms with Crippen molar-refractivity contribution in [1.29, 1.82) is 0 Å². The highest BCUT2D eigenvalue weighted by Crippen LogP contribution is 2.60. The molecule has 1 aromatic carbocycles. The summed E-state index contributed by atoms with van der Waals surface area (Å²) in [5.74, 6) is 2.46. The molecule has 4 fully saturated rings. The number of pyridine rings is 1. The number of amides is 1. The van der Waals surface area contributed by atoms with Gasteiger partial charge < -0.3 is 9.47 Å². The van der Waals surface area contributed by atoms with E-state index >= 15 is 0 Å². The maximum Gasteiger partial charge on any atom is 0.263 e. The highest BCUT2D eigenvalue weighted by molar-refractivity contribution is 5.93. The van der Waals surface area contributed by atoms with Crippen molar-refractivity contribution in [1.82, 2.24) is 9.47 Å². The lowest BCUT2D eigenvalue weighted by Gasteiger charge is -2.57. The van der Waals surface area contributed by atoms with Gasteiger partial charge in [-0.05, 0) is 79.4 Å². The second-order valence-corrected chi connectivity index (χ2v) is 9.92. The van der Waals surface area contributed by atoms with Crippen molar-refractivity contribution in [2.75, 3.05) is 13.6 Å². The molecule has 2 aromatic rings. The Balaban J connectivity index is 1.34. The lowest BCUT2D eigenvalue weighted by molar-refractivity contribution is -0.0629. The SMILES string of the molecule is CN(CC12CC3CC(CC(C3)C1)C2)C(=O)c1cccn(Cc2ccccc2)c1=O. The van der Waals surface area contributed by atoms with Gasteiger partial charge in [0.05, 0.1) is 6.54 Å². The molecule has 0 aliphatic heterocycles. The third kappa shape index (κ3) is 3.54. The molecule has 0 atom stereocenters. The van der Waals surface area contributed by atoms with Crippen molar-refractivity contribution >= 4 is 5.91 Å². The molecule has 4 heteroatoms. The molecular weight excluding hydrogens is 360 g/mol. The molecule has 4 nitrogen and oxygen atoms in total. The second kappa shape index (κ2) is 7.16. The molecule has 0 unspecified atom stereocenters. The minimum Gasteiger partial charge on any atom is -0.341 e. The maximum absolute atomic E-state index is 13.2. The van der Waals surface area contributed by atoms with Crippen LogP contribution in [0.1, 0.15) is 54.4 Å². The van der Waals surface area contributed by atoms with Crippen LogP contribution in [0.2, 0.25) is 0 Å². The summed E-state index contributed by atoms with van der Waals surface area (Å²) in [6, 6.07) is 13.4. The summed E-state index contributed by atoms with van der Waals surface area (Å²) in [4.78, 5) is 28.0. The van der Waals surface area contributed by atoms with Gasteiger partial charge in [-0.25, -0.2) is 0 Å². The second-order valence-electron chi connectivity index (χ2n) is 9.92. The van der Waals surface area contributed by atoms with Crippen LogP contribution in [0.3, 0.4) is 0 Å². The van der Waals surface area contributed by atoms with E-state index in [2.05, 4.69) is 0 Å². The first-order chi connectivity index (χ1) is 14.0. The molecule has 0 radical (unpaired) electrons. The molecule has 1 heterocycles. The number of aromatic nitrogens is 1. The minimum atomic E-state index is -0.196. The van der Waals surface area contributed by atoms with Crippen LogP contribution in [0.25, 0.3) is 0 Å². The van der Waals surface area contributed by atoms with Crippen molar-refractivity contribution in [2.24, 2.45) is 23.2 Å². The van der Waals surface area contributed by atoms with Gasteiger partial charge in [-0.1, -0.05) is 30.3 Å². The standard InChI is InChI=1S/C25H30N2O2/c1-26(17-25-13-19-10-20(14-25)12-21(11-19)15-25)23(28)22-8-5-9-27(24(22)29)16-18-6-3-2-4-7-18/h2-9,19-21H,10-17H2,1H3. The first-order valence-corrected chi connectivity index (χ1v) is 11.0. The first-order valence-electron chi connectivity index (χ1n) is 11.0. The number of rotatable bonds is 5. The summed E-state index contributed by atoms with van der Waals surface area (Å²) in [7, 11) is 1.88. The Morgan fingerprint density at radius 1 is 1.00 bits per heavy atom. The highest BCUT2D eigenvalue weighted by Gasteiger charge is 2.51. The molecule has 0 N–H and O–H groups in total. The zero-order chi connectivity index (χ0) is 20.0. The molecule has 4 aliphatic rings. The van der Waals surface area contributed by atoms with Crippen molar-refractivity contribution < 1.29 is 4.79 Å². The third-order valence-electron chi connectivity index (χ3n) is 7.53. The quantitative estimate of drug-likeness (QED) is 0.768. The fourth-order valence-corrected chi connectivity index (χ4v) is 6.87. The van der Waals surface area contributed by atoms with E-state index < -0.39 is 0 Å². The molecule has 6 rings (SSSR count). The largest absolute Gasteiger partial charge is 0.341 e. The van der Waals surface area contributed by atoms with Crippen LogP contribution in [0.15, 0.2) is 53.5 Å². The third-order valence-corrected chi connectivity index (χ3v) is 7.53. The van der Waals surface area contributed by atoms with Gasteiger partial charge in [0, 0.05) is 19.8 Å². The van der Waals surface area contributed by atoms with E-state index in [4.69, 9.17) is 0 Å². The number of hydrogen-bond donors (Lipinski definition) is 0. The molecule has 4 aliphatic carbocycles. The topological polar surface area (TPSA) is 42.3 Å². The maximum atomic E-state index is 13.2. The van der Waals surface area contributed by atoms with Crippen molar-refractivity contribution in [3.05, 3.63) is 70.1 Å². The zero-order valence-corrected chi connectivity index (χ0v) is 17.2. The van der Waals surface area contributed by atoms with Gasteiger partial charge in [-0.15, -0.1) is 0 Å². The van der Waals surface area contributed by atoms with Crippen LogP contribution in [0.5, 0.6) is 0 Å². The number of hydrogen-bond acceptors (Lipinski definition) is 2. The monoisotopic (exact) mass is 390 g/mol. The number of nitrogens with zero attached hydrogens (tertiary/aromatic N) is 2. The predicted molar refractivity (Wildman–Crippen MR) is 114 cm³/mol. The smallest absolute Gasteiger partial charge is 0.263 e. The predicted octanol–water partition coefficient (Wildman–Crippen LogP) is 4.19. The van der Waals surface area contributed by atoms with Crippen LogP contribution >= 0.6 is 0 Å². The average Bonchev–Trinajstić information content (AvgIpc) is 2.68. The molecule has 0 saturated heterocycles. The van der Waals surface area contributed by atoms with Gasteiger partial charge in [0.1, 0.15) is 5.56 Å². The highest BCUT2D eigenvalue weighted by atomic mass is 16.2. The van der Waals surface area contributed by atoms with Gasteiger partial charge in [0.2, 0.25) is 0 Å². The molecule has 4 saturated carbocycles. The van der Waals surface area contributed by atoms with Crippen molar-refractivity contribution in [3.63, 3.8) is 0 Å². The number of carbonyl (C=O) groups excluding carboxylic acids is 1. The molecule has 152 valence electrons. The summed E-state index contributed by atoms with van der Waals surface area (Å²) in [6.45, 7) is 1.28. The van der Waals surface area contributed by atoms with Gasteiger partial charge in [-0.3, -0.25) is 9.59 Å². The molecule has 0 spiro atoms. The van der Waals surface area contributed by atoms with E-state index in [0.717, 1.165) is 29.9 Å². The molecule has 4 bridgehead atoms. The Kier molecular flexibility index (Phi) is 4.60. The van der Waals surface area contributed by atoms with Crippen LogP contribution in [-0.2, 0) is 6.54 Å². The van der Waals surface area contributed by atoms with Gasteiger partial charge in [0.15, 0.2) is 0 Å². The molecular formula is C25H30N2O2. The Labute approximate surface area is 172 Å². The summed E-state index contributed by atoms with van der Waals surface area (Å²) in [5.41, 5.74) is 1.44. The number of benzene rings is 1. The van der Waals surface area contributed by atoms with Crippen LogP contribution in [-0.4, -0.2) is 29.0 Å². The lowest BCUT2D eigenvalue weighted by atomic mass is 9.49. The van der Waals surface area contributed by atoms with Gasteiger partial charge in [-0.2, -0.15) is 0 Å². The van der Waals surface area contributed by atoms with E-state index in [0.29, 0.717) is 6.54 Å². The Hall–Kier alpha value is -2.36. The van der Waals surface area contributed by atoms with Crippen LogP contribution in [0, 0.1) is 23.2 Å². The van der Waals surface area contributed by atoms with E-state index in [1.807, 2.05) is 48.3 Å².